The van der Waals surface area contributed by atoms with Gasteiger partial charge in [0.05, 0.1) is 25.8 Å². The molecule has 0 aliphatic carbocycles. The highest BCUT2D eigenvalue weighted by Crippen LogP contribution is 2.27. The average molecular weight is 489 g/mol. The summed E-state index contributed by atoms with van der Waals surface area (Å²) in [7, 11) is 1.64. The summed E-state index contributed by atoms with van der Waals surface area (Å²) in [6.07, 6.45) is 2.98. The SMILES string of the molecule is CC[C@@H](c1nnnn1Cc1ccccc1)N(Cc1cc2cc(OC)ccc2[nH]c1=O)C[C@@H]1CCCO1. The predicted molar refractivity (Wildman–Crippen MR) is 137 cm³/mol. The normalized spacial score (nSPS) is 16.6. The monoisotopic (exact) mass is 488 g/mol. The van der Waals surface area contributed by atoms with Crippen molar-refractivity contribution < 1.29 is 9.47 Å². The number of tetrazole rings is 1. The van der Waals surface area contributed by atoms with Crippen molar-refractivity contribution in [2.45, 2.75) is 51.4 Å². The first-order chi connectivity index (χ1) is 17.6. The van der Waals surface area contributed by atoms with Crippen LogP contribution in [0.3, 0.4) is 0 Å². The summed E-state index contributed by atoms with van der Waals surface area (Å²) in [6, 6.07) is 17.7. The number of aromatic nitrogens is 5. The molecule has 0 saturated carbocycles. The van der Waals surface area contributed by atoms with Gasteiger partial charge in [-0.25, -0.2) is 4.68 Å². The number of aromatic amines is 1. The molecule has 4 aromatic rings. The third kappa shape index (κ3) is 5.32. The first-order valence-electron chi connectivity index (χ1n) is 12.5. The molecule has 1 aliphatic rings. The van der Waals surface area contributed by atoms with E-state index in [1.165, 1.54) is 0 Å². The fraction of sp³-hybridized carbons (Fsp3) is 0.407. The lowest BCUT2D eigenvalue weighted by Crippen LogP contribution is -2.37. The van der Waals surface area contributed by atoms with E-state index in [0.717, 1.165) is 53.9 Å². The maximum absolute atomic E-state index is 13.1. The predicted octanol–water partition coefficient (Wildman–Crippen LogP) is 3.70. The van der Waals surface area contributed by atoms with Crippen molar-refractivity contribution in [3.8, 4) is 5.75 Å². The summed E-state index contributed by atoms with van der Waals surface area (Å²) in [5.74, 6) is 1.54. The second-order valence-electron chi connectivity index (χ2n) is 9.25. The molecule has 9 heteroatoms. The summed E-state index contributed by atoms with van der Waals surface area (Å²) in [5, 5.41) is 13.7. The Hall–Kier alpha value is -3.56. The topological polar surface area (TPSA) is 98.2 Å². The van der Waals surface area contributed by atoms with E-state index >= 15 is 0 Å². The average Bonchev–Trinajstić information content (AvgIpc) is 3.58. The molecule has 0 radical (unpaired) electrons. The second-order valence-corrected chi connectivity index (χ2v) is 9.25. The van der Waals surface area contributed by atoms with Crippen LogP contribution in [0.15, 0.2) is 59.4 Å². The highest BCUT2D eigenvalue weighted by Gasteiger charge is 2.29. The van der Waals surface area contributed by atoms with Gasteiger partial charge in [-0.1, -0.05) is 37.3 Å². The number of nitrogens with one attached hydrogen (secondary N) is 1. The lowest BCUT2D eigenvalue weighted by molar-refractivity contribution is 0.0489. The Morgan fingerprint density at radius 1 is 1.22 bits per heavy atom. The molecule has 0 amide bonds. The standard InChI is InChI=1S/C27H32N6O3/c1-3-25(26-29-30-31-33(26)16-19-8-5-4-6-9-19)32(18-23-10-7-13-36-23)17-21-14-20-15-22(35-2)11-12-24(20)28-27(21)34/h4-6,8-9,11-12,14-15,23,25H,3,7,10,13,16-18H2,1-2H3,(H,28,34)/t23-,25-/m0/s1. The van der Waals surface area contributed by atoms with Gasteiger partial charge in [-0.2, -0.15) is 0 Å². The second kappa shape index (κ2) is 11.0. The van der Waals surface area contributed by atoms with Gasteiger partial charge in [0.25, 0.3) is 5.56 Å². The zero-order valence-corrected chi connectivity index (χ0v) is 20.8. The van der Waals surface area contributed by atoms with Gasteiger partial charge in [0.1, 0.15) is 5.75 Å². The molecule has 2 aromatic heterocycles. The fourth-order valence-corrected chi connectivity index (χ4v) is 4.97. The minimum atomic E-state index is -0.0938. The van der Waals surface area contributed by atoms with Crippen molar-refractivity contribution in [2.24, 2.45) is 0 Å². The zero-order valence-electron chi connectivity index (χ0n) is 20.8. The maximum Gasteiger partial charge on any atom is 0.252 e. The molecule has 0 bridgehead atoms. The van der Waals surface area contributed by atoms with Crippen LogP contribution in [0.2, 0.25) is 0 Å². The van der Waals surface area contributed by atoms with Gasteiger partial charge < -0.3 is 14.5 Å². The third-order valence-electron chi connectivity index (χ3n) is 6.82. The number of hydrogen-bond acceptors (Lipinski definition) is 7. The Balaban J connectivity index is 1.48. The van der Waals surface area contributed by atoms with Crippen molar-refractivity contribution in [2.75, 3.05) is 20.3 Å². The van der Waals surface area contributed by atoms with Gasteiger partial charge >= 0.3 is 0 Å². The molecule has 2 aromatic carbocycles. The first kappa shape index (κ1) is 24.1. The molecule has 1 fully saturated rings. The largest absolute Gasteiger partial charge is 0.497 e. The van der Waals surface area contributed by atoms with Crippen LogP contribution in [0.25, 0.3) is 10.9 Å². The van der Waals surface area contributed by atoms with E-state index in [9.17, 15) is 4.79 Å². The maximum atomic E-state index is 13.1. The van der Waals surface area contributed by atoms with Crippen LogP contribution in [0, 0.1) is 0 Å². The van der Waals surface area contributed by atoms with Gasteiger partial charge in [0, 0.05) is 36.2 Å². The summed E-state index contributed by atoms with van der Waals surface area (Å²) in [4.78, 5) is 18.4. The van der Waals surface area contributed by atoms with Gasteiger partial charge in [-0.05, 0) is 59.5 Å². The van der Waals surface area contributed by atoms with Crippen molar-refractivity contribution in [3.05, 3.63) is 81.9 Å². The molecular formula is C27H32N6O3. The molecule has 1 N–H and O–H groups in total. The number of fused-ring (bicyclic) bond motifs is 1. The van der Waals surface area contributed by atoms with Crippen molar-refractivity contribution >= 4 is 10.9 Å². The number of pyridine rings is 1. The van der Waals surface area contributed by atoms with E-state index in [0.29, 0.717) is 25.2 Å². The van der Waals surface area contributed by atoms with Crippen LogP contribution in [0.1, 0.15) is 49.2 Å². The molecule has 0 unspecified atom stereocenters. The molecule has 1 saturated heterocycles. The first-order valence-corrected chi connectivity index (χ1v) is 12.5. The van der Waals surface area contributed by atoms with Crippen molar-refractivity contribution in [3.63, 3.8) is 0 Å². The van der Waals surface area contributed by atoms with E-state index in [-0.39, 0.29) is 17.7 Å². The highest BCUT2D eigenvalue weighted by atomic mass is 16.5. The molecule has 2 atom stereocenters. The number of ether oxygens (including phenoxy) is 2. The Bertz CT molecular complexity index is 1350. The Morgan fingerprint density at radius 2 is 2.08 bits per heavy atom. The highest BCUT2D eigenvalue weighted by molar-refractivity contribution is 5.80. The van der Waals surface area contributed by atoms with Crippen LogP contribution in [0.5, 0.6) is 5.75 Å². The quantitative estimate of drug-likeness (QED) is 0.363. The molecule has 9 nitrogen and oxygen atoms in total. The van der Waals surface area contributed by atoms with E-state index in [4.69, 9.17) is 9.47 Å². The minimum absolute atomic E-state index is 0.0756. The molecule has 36 heavy (non-hydrogen) atoms. The summed E-state index contributed by atoms with van der Waals surface area (Å²) in [5.41, 5.74) is 2.51. The lowest BCUT2D eigenvalue weighted by Gasteiger charge is -2.32. The summed E-state index contributed by atoms with van der Waals surface area (Å²) >= 11 is 0. The van der Waals surface area contributed by atoms with Gasteiger partial charge in [0.15, 0.2) is 5.82 Å². The smallest absolute Gasteiger partial charge is 0.252 e. The number of benzene rings is 2. The van der Waals surface area contributed by atoms with E-state index in [1.807, 2.05) is 47.1 Å². The zero-order chi connectivity index (χ0) is 24.9. The molecular weight excluding hydrogens is 456 g/mol. The van der Waals surface area contributed by atoms with E-state index in [2.05, 4.69) is 44.5 Å². The van der Waals surface area contributed by atoms with Gasteiger partial charge in [-0.15, -0.1) is 5.10 Å². The van der Waals surface area contributed by atoms with Crippen LogP contribution < -0.4 is 10.3 Å². The number of methoxy groups -OCH3 is 1. The van der Waals surface area contributed by atoms with Crippen LogP contribution in [0.4, 0.5) is 0 Å². The Labute approximate surface area is 210 Å². The Morgan fingerprint density at radius 3 is 2.83 bits per heavy atom. The molecule has 5 rings (SSSR count). The molecule has 1 aliphatic heterocycles. The van der Waals surface area contributed by atoms with Crippen molar-refractivity contribution in [1.29, 1.82) is 0 Å². The fourth-order valence-electron chi connectivity index (χ4n) is 4.97. The van der Waals surface area contributed by atoms with Crippen LogP contribution in [-0.4, -0.2) is 56.5 Å². The molecule has 188 valence electrons. The number of rotatable bonds is 10. The third-order valence-corrected chi connectivity index (χ3v) is 6.82. The number of H-pyrrole nitrogens is 1. The number of hydrogen-bond donors (Lipinski definition) is 1. The van der Waals surface area contributed by atoms with Crippen LogP contribution in [-0.2, 0) is 17.8 Å². The van der Waals surface area contributed by atoms with Crippen LogP contribution >= 0.6 is 0 Å². The summed E-state index contributed by atoms with van der Waals surface area (Å²) < 4.78 is 13.2. The summed E-state index contributed by atoms with van der Waals surface area (Å²) in [6.45, 7) is 4.65. The molecule has 0 spiro atoms. The minimum Gasteiger partial charge on any atom is -0.497 e. The van der Waals surface area contributed by atoms with E-state index < -0.39 is 0 Å². The Kier molecular flexibility index (Phi) is 7.39. The van der Waals surface area contributed by atoms with E-state index in [1.54, 1.807) is 7.11 Å². The molecule has 3 heterocycles. The van der Waals surface area contributed by atoms with Gasteiger partial charge in [-0.3, -0.25) is 9.69 Å². The van der Waals surface area contributed by atoms with Crippen molar-refractivity contribution in [1.82, 2.24) is 30.1 Å². The lowest BCUT2D eigenvalue weighted by atomic mass is 10.1. The number of nitrogens with zero attached hydrogens (tertiary/aromatic N) is 5. The van der Waals surface area contributed by atoms with Gasteiger partial charge in [0.2, 0.25) is 0 Å².